The van der Waals surface area contributed by atoms with Crippen molar-refractivity contribution < 1.29 is 0 Å². The minimum absolute atomic E-state index is 0.0217. The molecule has 2 atom stereocenters. The number of nitrogens with zero attached hydrogens (tertiary/aromatic N) is 3. The van der Waals surface area contributed by atoms with Gasteiger partial charge in [0, 0.05) is 62.5 Å². The van der Waals surface area contributed by atoms with Crippen LogP contribution in [0.2, 0.25) is 0 Å². The molecular formula is C20H28N6O. The van der Waals surface area contributed by atoms with Crippen LogP contribution in [0, 0.1) is 11.3 Å². The Labute approximate surface area is 159 Å². The molecule has 0 saturated carbocycles. The van der Waals surface area contributed by atoms with Crippen LogP contribution in [0.3, 0.4) is 0 Å². The van der Waals surface area contributed by atoms with Crippen LogP contribution >= 0.6 is 0 Å². The Balaban J connectivity index is 1.51. The summed E-state index contributed by atoms with van der Waals surface area (Å²) in [5.41, 5.74) is 9.55. The lowest BCUT2D eigenvalue weighted by Gasteiger charge is -2.35. The van der Waals surface area contributed by atoms with Gasteiger partial charge in [0.15, 0.2) is 0 Å². The summed E-state index contributed by atoms with van der Waals surface area (Å²) >= 11 is 0. The van der Waals surface area contributed by atoms with Gasteiger partial charge in [0.1, 0.15) is 5.82 Å². The van der Waals surface area contributed by atoms with E-state index in [9.17, 15) is 4.79 Å². The van der Waals surface area contributed by atoms with Gasteiger partial charge in [0.05, 0.1) is 11.3 Å². The topological polar surface area (TPSA) is 85.9 Å². The Hall–Kier alpha value is -2.09. The molecule has 3 N–H and O–H groups in total. The lowest BCUT2D eigenvalue weighted by molar-refractivity contribution is 0.165. The number of rotatable bonds is 3. The van der Waals surface area contributed by atoms with Crippen molar-refractivity contribution in [3.8, 4) is 11.4 Å². The molecule has 4 heterocycles. The lowest BCUT2D eigenvalue weighted by atomic mass is 9.80. The van der Waals surface area contributed by atoms with E-state index < -0.39 is 0 Å². The number of H-pyrrole nitrogens is 1. The zero-order valence-electron chi connectivity index (χ0n) is 16.2. The van der Waals surface area contributed by atoms with E-state index >= 15 is 0 Å². The van der Waals surface area contributed by atoms with Crippen molar-refractivity contribution in [2.24, 2.45) is 11.3 Å². The van der Waals surface area contributed by atoms with E-state index in [0.717, 1.165) is 42.9 Å². The molecule has 144 valence electrons. The van der Waals surface area contributed by atoms with Crippen LogP contribution in [0.4, 0.5) is 0 Å². The number of hydrogen-bond acceptors (Lipinski definition) is 6. The van der Waals surface area contributed by atoms with Crippen LogP contribution in [-0.4, -0.2) is 45.5 Å². The lowest BCUT2D eigenvalue weighted by Crippen LogP contribution is -2.46. The molecule has 7 nitrogen and oxygen atoms in total. The first kappa shape index (κ1) is 18.3. The van der Waals surface area contributed by atoms with Crippen LogP contribution < -0.4 is 16.4 Å². The van der Waals surface area contributed by atoms with E-state index in [1.54, 1.807) is 12.4 Å². The molecule has 0 amide bonds. The number of aromatic nitrogens is 3. The molecule has 1 fully saturated rings. The molecule has 2 unspecified atom stereocenters. The van der Waals surface area contributed by atoms with Crippen molar-refractivity contribution >= 4 is 0 Å². The molecule has 0 aromatic carbocycles. The third kappa shape index (κ3) is 3.81. The van der Waals surface area contributed by atoms with Gasteiger partial charge in [-0.05, 0) is 17.5 Å². The number of aromatic amines is 1. The third-order valence-corrected chi connectivity index (χ3v) is 5.62. The van der Waals surface area contributed by atoms with Gasteiger partial charge >= 0.3 is 0 Å². The summed E-state index contributed by atoms with van der Waals surface area (Å²) in [5.74, 6) is 1.15. The Kier molecular flexibility index (Phi) is 4.84. The summed E-state index contributed by atoms with van der Waals surface area (Å²) in [5, 5.41) is 0. The van der Waals surface area contributed by atoms with Gasteiger partial charge in [-0.25, -0.2) is 4.98 Å². The van der Waals surface area contributed by atoms with Gasteiger partial charge < -0.3 is 4.98 Å². The summed E-state index contributed by atoms with van der Waals surface area (Å²) in [4.78, 5) is 26.8. The molecule has 7 heteroatoms. The molecule has 1 saturated heterocycles. The highest BCUT2D eigenvalue weighted by molar-refractivity contribution is 5.54. The number of hydrazine groups is 1. The second-order valence-corrected chi connectivity index (χ2v) is 8.69. The van der Waals surface area contributed by atoms with Crippen LogP contribution in [0.1, 0.15) is 32.0 Å². The van der Waals surface area contributed by atoms with Crippen molar-refractivity contribution in [3.63, 3.8) is 0 Å². The normalized spacial score (nSPS) is 23.4. The summed E-state index contributed by atoms with van der Waals surface area (Å²) in [6.45, 7) is 10.4. The van der Waals surface area contributed by atoms with E-state index in [-0.39, 0.29) is 11.0 Å². The van der Waals surface area contributed by atoms with E-state index in [1.165, 1.54) is 0 Å². The average molecular weight is 368 g/mol. The van der Waals surface area contributed by atoms with Crippen LogP contribution in [0.15, 0.2) is 29.3 Å². The SMILES string of the molecule is CC(C)(C)C1NNCC1CN1CCc2nc(-c3ccncc3)[nH]c(=O)c2C1. The second-order valence-electron chi connectivity index (χ2n) is 8.69. The van der Waals surface area contributed by atoms with Crippen molar-refractivity contribution in [3.05, 3.63) is 46.1 Å². The summed E-state index contributed by atoms with van der Waals surface area (Å²) in [6, 6.07) is 4.16. The number of pyridine rings is 1. The number of hydrogen-bond donors (Lipinski definition) is 3. The van der Waals surface area contributed by atoms with Crippen LogP contribution in [0.25, 0.3) is 11.4 Å². The van der Waals surface area contributed by atoms with E-state index in [2.05, 4.69) is 46.5 Å². The predicted octanol–water partition coefficient (Wildman–Crippen LogP) is 1.33. The van der Waals surface area contributed by atoms with Gasteiger partial charge in [-0.1, -0.05) is 20.8 Å². The zero-order chi connectivity index (χ0) is 19.0. The summed E-state index contributed by atoms with van der Waals surface area (Å²) in [6.07, 6.45) is 4.24. The first-order chi connectivity index (χ1) is 12.9. The first-order valence-corrected chi connectivity index (χ1v) is 9.65. The number of nitrogens with one attached hydrogen (secondary N) is 3. The van der Waals surface area contributed by atoms with Gasteiger partial charge in [-0.2, -0.15) is 0 Å². The highest BCUT2D eigenvalue weighted by atomic mass is 16.1. The summed E-state index contributed by atoms with van der Waals surface area (Å²) < 4.78 is 0. The maximum atomic E-state index is 12.7. The van der Waals surface area contributed by atoms with Crippen LogP contribution in [-0.2, 0) is 13.0 Å². The minimum atomic E-state index is -0.0217. The maximum absolute atomic E-state index is 12.7. The monoisotopic (exact) mass is 368 g/mol. The Morgan fingerprint density at radius 2 is 2.04 bits per heavy atom. The van der Waals surface area contributed by atoms with Crippen LogP contribution in [0.5, 0.6) is 0 Å². The highest BCUT2D eigenvalue weighted by Gasteiger charge is 2.37. The molecule has 0 aliphatic carbocycles. The molecule has 2 aromatic heterocycles. The Morgan fingerprint density at radius 1 is 1.26 bits per heavy atom. The first-order valence-electron chi connectivity index (χ1n) is 9.65. The quantitative estimate of drug-likeness (QED) is 0.758. The molecular weight excluding hydrogens is 340 g/mol. The Bertz CT molecular complexity index is 857. The summed E-state index contributed by atoms with van der Waals surface area (Å²) in [7, 11) is 0. The van der Waals surface area contributed by atoms with Gasteiger partial charge in [0.2, 0.25) is 0 Å². The fourth-order valence-electron chi connectivity index (χ4n) is 4.24. The highest BCUT2D eigenvalue weighted by Crippen LogP contribution is 2.29. The van der Waals surface area contributed by atoms with Crippen molar-refractivity contribution in [1.29, 1.82) is 0 Å². The molecule has 4 rings (SSSR count). The number of fused-ring (bicyclic) bond motifs is 1. The van der Waals surface area contributed by atoms with Gasteiger partial charge in [-0.15, -0.1) is 0 Å². The van der Waals surface area contributed by atoms with E-state index in [0.29, 0.717) is 24.3 Å². The molecule has 0 spiro atoms. The molecule has 2 aliphatic heterocycles. The standard InChI is InChI=1S/C20H28N6O/c1-20(2,3)17-14(10-22-25-17)11-26-9-6-16-15(12-26)19(27)24-18(23-16)13-4-7-21-8-5-13/h4-5,7-8,14,17,22,25H,6,9-12H2,1-3H3,(H,23,24,27). The van der Waals surface area contributed by atoms with Crippen molar-refractivity contribution in [2.45, 2.75) is 39.8 Å². The second kappa shape index (κ2) is 7.14. The molecule has 2 aliphatic rings. The van der Waals surface area contributed by atoms with Gasteiger partial charge in [0.25, 0.3) is 5.56 Å². The van der Waals surface area contributed by atoms with E-state index in [4.69, 9.17) is 4.98 Å². The zero-order valence-corrected chi connectivity index (χ0v) is 16.2. The fraction of sp³-hybridized carbons (Fsp3) is 0.550. The van der Waals surface area contributed by atoms with Crippen molar-refractivity contribution in [1.82, 2.24) is 30.7 Å². The smallest absolute Gasteiger partial charge is 0.255 e. The molecule has 27 heavy (non-hydrogen) atoms. The molecule has 0 bridgehead atoms. The average Bonchev–Trinajstić information content (AvgIpc) is 3.11. The molecule has 2 aromatic rings. The molecule has 0 radical (unpaired) electrons. The van der Waals surface area contributed by atoms with E-state index in [1.807, 2.05) is 12.1 Å². The largest absolute Gasteiger partial charge is 0.306 e. The van der Waals surface area contributed by atoms with Crippen molar-refractivity contribution in [2.75, 3.05) is 19.6 Å². The Morgan fingerprint density at radius 3 is 2.78 bits per heavy atom. The minimum Gasteiger partial charge on any atom is -0.306 e. The third-order valence-electron chi connectivity index (χ3n) is 5.62. The predicted molar refractivity (Wildman–Crippen MR) is 105 cm³/mol. The fourth-order valence-corrected chi connectivity index (χ4v) is 4.24. The van der Waals surface area contributed by atoms with Gasteiger partial charge in [-0.3, -0.25) is 25.5 Å². The maximum Gasteiger partial charge on any atom is 0.255 e.